The predicted octanol–water partition coefficient (Wildman–Crippen LogP) is 5.07. The molecule has 0 fully saturated rings. The van der Waals surface area contributed by atoms with Crippen molar-refractivity contribution < 1.29 is 4.74 Å². The zero-order valence-corrected chi connectivity index (χ0v) is 11.9. The van der Waals surface area contributed by atoms with Crippen LogP contribution in [-0.2, 0) is 0 Å². The lowest BCUT2D eigenvalue weighted by Gasteiger charge is -2.10. The second-order valence-electron chi connectivity index (χ2n) is 3.79. The molecule has 0 amide bonds. The molecular formula is C14H9BrClNO. The number of benzene rings is 2. The standard InChI is InChI=1S/C14H9BrClNO/c1-9-2-5-13(12(15)6-9)18-14-7-11(16)4-3-10(14)8-17/h2-7H,1H3. The largest absolute Gasteiger partial charge is 0.455 e. The van der Waals surface area contributed by atoms with Gasteiger partial charge in [-0.3, -0.25) is 0 Å². The first-order valence-corrected chi connectivity index (χ1v) is 6.41. The first-order valence-electron chi connectivity index (χ1n) is 5.24. The van der Waals surface area contributed by atoms with Gasteiger partial charge >= 0.3 is 0 Å². The van der Waals surface area contributed by atoms with Crippen molar-refractivity contribution in [2.75, 3.05) is 0 Å². The number of hydrogen-bond acceptors (Lipinski definition) is 2. The Labute approximate surface area is 119 Å². The van der Waals surface area contributed by atoms with Crippen LogP contribution in [0.25, 0.3) is 0 Å². The molecule has 18 heavy (non-hydrogen) atoms. The molecule has 0 saturated heterocycles. The van der Waals surface area contributed by atoms with Crippen LogP contribution in [0.5, 0.6) is 11.5 Å². The van der Waals surface area contributed by atoms with Gasteiger partial charge in [0, 0.05) is 11.1 Å². The maximum atomic E-state index is 9.02. The van der Waals surface area contributed by atoms with Gasteiger partial charge in [-0.25, -0.2) is 0 Å². The normalized spacial score (nSPS) is 9.89. The molecular weight excluding hydrogens is 314 g/mol. The van der Waals surface area contributed by atoms with Crippen molar-refractivity contribution in [3.63, 3.8) is 0 Å². The molecule has 0 aliphatic carbocycles. The van der Waals surface area contributed by atoms with Crippen LogP contribution in [-0.4, -0.2) is 0 Å². The van der Waals surface area contributed by atoms with E-state index in [1.54, 1.807) is 18.2 Å². The Morgan fingerprint density at radius 3 is 2.61 bits per heavy atom. The lowest BCUT2D eigenvalue weighted by atomic mass is 10.2. The molecule has 0 N–H and O–H groups in total. The van der Waals surface area contributed by atoms with Crippen molar-refractivity contribution in [2.45, 2.75) is 6.92 Å². The Hall–Kier alpha value is -1.50. The zero-order valence-electron chi connectivity index (χ0n) is 9.58. The molecule has 0 aliphatic rings. The summed E-state index contributed by atoms with van der Waals surface area (Å²) in [6.07, 6.45) is 0. The van der Waals surface area contributed by atoms with E-state index in [9.17, 15) is 0 Å². The third-order valence-corrected chi connectivity index (χ3v) is 3.23. The highest BCUT2D eigenvalue weighted by atomic mass is 79.9. The SMILES string of the molecule is Cc1ccc(Oc2cc(Cl)ccc2C#N)c(Br)c1. The second-order valence-corrected chi connectivity index (χ2v) is 5.08. The molecule has 0 radical (unpaired) electrons. The average Bonchev–Trinajstić information content (AvgIpc) is 2.33. The van der Waals surface area contributed by atoms with Gasteiger partial charge < -0.3 is 4.74 Å². The Bertz CT molecular complexity index is 634. The molecule has 0 heterocycles. The monoisotopic (exact) mass is 321 g/mol. The number of rotatable bonds is 2. The fourth-order valence-corrected chi connectivity index (χ4v) is 2.22. The van der Waals surface area contributed by atoms with Gasteiger partial charge in [0.2, 0.25) is 0 Å². The van der Waals surface area contributed by atoms with Crippen molar-refractivity contribution in [2.24, 2.45) is 0 Å². The minimum atomic E-state index is 0.451. The molecule has 2 rings (SSSR count). The van der Waals surface area contributed by atoms with Crippen LogP contribution < -0.4 is 4.74 Å². The summed E-state index contributed by atoms with van der Waals surface area (Å²) in [6, 6.07) is 12.7. The highest BCUT2D eigenvalue weighted by Gasteiger charge is 2.08. The summed E-state index contributed by atoms with van der Waals surface area (Å²) in [5.41, 5.74) is 1.58. The molecule has 2 aromatic rings. The van der Waals surface area contributed by atoms with Crippen LogP contribution in [0, 0.1) is 18.3 Å². The lowest BCUT2D eigenvalue weighted by molar-refractivity contribution is 0.478. The molecule has 90 valence electrons. The van der Waals surface area contributed by atoms with Crippen LogP contribution in [0.2, 0.25) is 5.02 Å². The first kappa shape index (κ1) is 12.9. The van der Waals surface area contributed by atoms with Crippen LogP contribution >= 0.6 is 27.5 Å². The third kappa shape index (κ3) is 2.84. The zero-order chi connectivity index (χ0) is 13.1. The number of hydrogen-bond donors (Lipinski definition) is 0. The maximum absolute atomic E-state index is 9.02. The Morgan fingerprint density at radius 1 is 1.17 bits per heavy atom. The first-order chi connectivity index (χ1) is 8.60. The number of aryl methyl sites for hydroxylation is 1. The summed E-state index contributed by atoms with van der Waals surface area (Å²) >= 11 is 9.33. The van der Waals surface area contributed by atoms with E-state index in [4.69, 9.17) is 21.6 Å². The van der Waals surface area contributed by atoms with Crippen molar-refractivity contribution in [1.29, 1.82) is 5.26 Å². The van der Waals surface area contributed by atoms with Crippen molar-refractivity contribution >= 4 is 27.5 Å². The van der Waals surface area contributed by atoms with Crippen LogP contribution in [0.15, 0.2) is 40.9 Å². The average molecular weight is 323 g/mol. The summed E-state index contributed by atoms with van der Waals surface area (Å²) in [5, 5.41) is 9.55. The number of nitrogens with zero attached hydrogens (tertiary/aromatic N) is 1. The van der Waals surface area contributed by atoms with Gasteiger partial charge in [-0.1, -0.05) is 17.7 Å². The van der Waals surface area contributed by atoms with Gasteiger partial charge in [0.15, 0.2) is 0 Å². The molecule has 2 nitrogen and oxygen atoms in total. The van der Waals surface area contributed by atoms with E-state index < -0.39 is 0 Å². The maximum Gasteiger partial charge on any atom is 0.146 e. The Morgan fingerprint density at radius 2 is 1.94 bits per heavy atom. The minimum Gasteiger partial charge on any atom is -0.455 e. The summed E-state index contributed by atoms with van der Waals surface area (Å²) in [7, 11) is 0. The van der Waals surface area contributed by atoms with E-state index in [0.717, 1.165) is 10.0 Å². The molecule has 0 aliphatic heterocycles. The molecule has 0 spiro atoms. The molecule has 0 unspecified atom stereocenters. The van der Waals surface area contributed by atoms with Crippen molar-refractivity contribution in [3.05, 3.63) is 57.0 Å². The number of nitriles is 1. The predicted molar refractivity (Wildman–Crippen MR) is 75.1 cm³/mol. The van der Waals surface area contributed by atoms with E-state index in [1.807, 2.05) is 25.1 Å². The van der Waals surface area contributed by atoms with Crippen molar-refractivity contribution in [1.82, 2.24) is 0 Å². The van der Waals surface area contributed by atoms with Gasteiger partial charge in [-0.15, -0.1) is 0 Å². The van der Waals surface area contributed by atoms with Gasteiger partial charge in [0.25, 0.3) is 0 Å². The topological polar surface area (TPSA) is 33.0 Å². The number of halogens is 2. The van der Waals surface area contributed by atoms with Gasteiger partial charge in [-0.2, -0.15) is 5.26 Å². The summed E-state index contributed by atoms with van der Waals surface area (Å²) in [4.78, 5) is 0. The molecule has 0 aromatic heterocycles. The Balaban J connectivity index is 2.40. The highest BCUT2D eigenvalue weighted by molar-refractivity contribution is 9.10. The fraction of sp³-hybridized carbons (Fsp3) is 0.0714. The van der Waals surface area contributed by atoms with E-state index >= 15 is 0 Å². The highest BCUT2D eigenvalue weighted by Crippen LogP contribution is 2.33. The number of ether oxygens (including phenoxy) is 1. The molecule has 0 atom stereocenters. The van der Waals surface area contributed by atoms with Crippen LogP contribution in [0.4, 0.5) is 0 Å². The minimum absolute atomic E-state index is 0.451. The Kier molecular flexibility index (Phi) is 3.90. The second kappa shape index (κ2) is 5.43. The van der Waals surface area contributed by atoms with Crippen LogP contribution in [0.3, 0.4) is 0 Å². The van der Waals surface area contributed by atoms with Gasteiger partial charge in [-0.05, 0) is 52.7 Å². The summed E-state index contributed by atoms with van der Waals surface area (Å²) < 4.78 is 6.55. The van der Waals surface area contributed by atoms with Crippen molar-refractivity contribution in [3.8, 4) is 17.6 Å². The lowest BCUT2D eigenvalue weighted by Crippen LogP contribution is -1.89. The molecule has 0 saturated carbocycles. The van der Waals surface area contributed by atoms with E-state index in [2.05, 4.69) is 22.0 Å². The molecule has 2 aromatic carbocycles. The summed E-state index contributed by atoms with van der Waals surface area (Å²) in [5.74, 6) is 1.11. The van der Waals surface area contributed by atoms with E-state index in [0.29, 0.717) is 22.1 Å². The van der Waals surface area contributed by atoms with Gasteiger partial charge in [0.05, 0.1) is 10.0 Å². The van der Waals surface area contributed by atoms with Gasteiger partial charge in [0.1, 0.15) is 17.6 Å². The van der Waals surface area contributed by atoms with E-state index in [-0.39, 0.29) is 0 Å². The quantitative estimate of drug-likeness (QED) is 0.773. The molecule has 4 heteroatoms. The third-order valence-electron chi connectivity index (χ3n) is 2.37. The smallest absolute Gasteiger partial charge is 0.146 e. The van der Waals surface area contributed by atoms with Crippen LogP contribution in [0.1, 0.15) is 11.1 Å². The molecule has 0 bridgehead atoms. The summed E-state index contributed by atoms with van der Waals surface area (Å²) in [6.45, 7) is 1.99. The van der Waals surface area contributed by atoms with E-state index in [1.165, 1.54) is 0 Å². The fourth-order valence-electron chi connectivity index (χ4n) is 1.48.